The molecule has 17 heavy (non-hydrogen) atoms. The highest BCUT2D eigenvalue weighted by molar-refractivity contribution is 4.95. The van der Waals surface area contributed by atoms with Crippen molar-refractivity contribution in [2.45, 2.75) is 76.6 Å². The molecule has 1 N–H and O–H groups in total. The fraction of sp³-hybridized carbons (Fsp3) is 1.00. The molecule has 1 aliphatic carbocycles. The van der Waals surface area contributed by atoms with E-state index in [4.69, 9.17) is 4.74 Å². The van der Waals surface area contributed by atoms with E-state index in [0.29, 0.717) is 24.0 Å². The lowest BCUT2D eigenvalue weighted by Gasteiger charge is -2.36. The van der Waals surface area contributed by atoms with Crippen LogP contribution in [0, 0.1) is 17.8 Å². The summed E-state index contributed by atoms with van der Waals surface area (Å²) in [6.45, 7) is 2.29. The summed E-state index contributed by atoms with van der Waals surface area (Å²) in [5.41, 5.74) is 0. The van der Waals surface area contributed by atoms with E-state index < -0.39 is 0 Å². The first-order valence-corrected chi connectivity index (χ1v) is 7.61. The first-order valence-electron chi connectivity index (χ1n) is 7.61. The molecule has 3 aliphatic rings. The molecule has 1 saturated carbocycles. The molecule has 2 nitrogen and oxygen atoms in total. The quantitative estimate of drug-likeness (QED) is 0.818. The number of ether oxygens (including phenoxy) is 1. The fourth-order valence-corrected chi connectivity index (χ4v) is 4.40. The van der Waals surface area contributed by atoms with Crippen molar-refractivity contribution in [2.24, 2.45) is 17.8 Å². The van der Waals surface area contributed by atoms with Crippen molar-refractivity contribution in [1.82, 2.24) is 0 Å². The SMILES string of the molecule is CCC1CCCC(C(O)C2CC3CCC2O3)C1. The van der Waals surface area contributed by atoms with Crippen LogP contribution < -0.4 is 0 Å². The maximum atomic E-state index is 10.6. The molecule has 3 fully saturated rings. The largest absolute Gasteiger partial charge is 0.392 e. The van der Waals surface area contributed by atoms with Gasteiger partial charge in [-0.2, -0.15) is 0 Å². The van der Waals surface area contributed by atoms with Crippen LogP contribution in [0.25, 0.3) is 0 Å². The Kier molecular flexibility index (Phi) is 3.45. The normalized spacial score (nSPS) is 47.3. The summed E-state index contributed by atoms with van der Waals surface area (Å²) >= 11 is 0. The van der Waals surface area contributed by atoms with Gasteiger partial charge in [0, 0.05) is 5.92 Å². The van der Waals surface area contributed by atoms with E-state index in [2.05, 4.69) is 6.92 Å². The fourth-order valence-electron chi connectivity index (χ4n) is 4.40. The Balaban J connectivity index is 1.60. The van der Waals surface area contributed by atoms with Gasteiger partial charge in [-0.15, -0.1) is 0 Å². The van der Waals surface area contributed by atoms with Gasteiger partial charge in [-0.3, -0.25) is 0 Å². The second-order valence-corrected chi connectivity index (χ2v) is 6.47. The first-order chi connectivity index (χ1) is 8.28. The summed E-state index contributed by atoms with van der Waals surface area (Å²) in [5.74, 6) is 1.87. The third-order valence-electron chi connectivity index (χ3n) is 5.48. The summed E-state index contributed by atoms with van der Waals surface area (Å²) in [4.78, 5) is 0. The molecular formula is C15H26O2. The Morgan fingerprint density at radius 2 is 2.06 bits per heavy atom. The van der Waals surface area contributed by atoms with Crippen LogP contribution in [-0.2, 0) is 4.74 Å². The van der Waals surface area contributed by atoms with Gasteiger partial charge in [0.25, 0.3) is 0 Å². The van der Waals surface area contributed by atoms with Crippen LogP contribution in [0.1, 0.15) is 58.3 Å². The summed E-state index contributed by atoms with van der Waals surface area (Å²) in [6, 6.07) is 0. The summed E-state index contributed by atoms with van der Waals surface area (Å²) in [7, 11) is 0. The lowest BCUT2D eigenvalue weighted by molar-refractivity contribution is -0.00765. The van der Waals surface area contributed by atoms with Crippen LogP contribution in [0.3, 0.4) is 0 Å². The molecule has 2 saturated heterocycles. The molecule has 0 aromatic carbocycles. The van der Waals surface area contributed by atoms with Crippen molar-refractivity contribution in [3.05, 3.63) is 0 Å². The van der Waals surface area contributed by atoms with Gasteiger partial charge in [-0.1, -0.05) is 26.2 Å². The minimum atomic E-state index is -0.0837. The molecule has 2 heteroatoms. The molecule has 2 aliphatic heterocycles. The lowest BCUT2D eigenvalue weighted by atomic mass is 9.72. The molecule has 0 aromatic heterocycles. The zero-order valence-corrected chi connectivity index (χ0v) is 11.0. The monoisotopic (exact) mass is 238 g/mol. The maximum absolute atomic E-state index is 10.6. The van der Waals surface area contributed by atoms with E-state index in [1.807, 2.05) is 0 Å². The Labute approximate surface area is 105 Å². The van der Waals surface area contributed by atoms with Crippen molar-refractivity contribution in [2.75, 3.05) is 0 Å². The molecule has 6 atom stereocenters. The maximum Gasteiger partial charge on any atom is 0.0633 e. The summed E-state index contributed by atoms with van der Waals surface area (Å²) in [6.07, 6.45) is 10.8. The topological polar surface area (TPSA) is 29.5 Å². The lowest BCUT2D eigenvalue weighted by Crippen LogP contribution is -2.37. The van der Waals surface area contributed by atoms with E-state index in [9.17, 15) is 5.11 Å². The molecule has 0 spiro atoms. The van der Waals surface area contributed by atoms with Crippen LogP contribution in [0.5, 0.6) is 0 Å². The summed E-state index contributed by atoms with van der Waals surface area (Å²) in [5, 5.41) is 10.6. The van der Waals surface area contributed by atoms with Gasteiger partial charge in [0.15, 0.2) is 0 Å². The smallest absolute Gasteiger partial charge is 0.0633 e. The zero-order chi connectivity index (χ0) is 11.8. The highest BCUT2D eigenvalue weighted by Crippen LogP contribution is 2.44. The van der Waals surface area contributed by atoms with Crippen LogP contribution in [-0.4, -0.2) is 23.4 Å². The van der Waals surface area contributed by atoms with Gasteiger partial charge in [-0.05, 0) is 43.9 Å². The highest BCUT2D eigenvalue weighted by atomic mass is 16.5. The molecule has 6 unspecified atom stereocenters. The van der Waals surface area contributed by atoms with Gasteiger partial charge in [-0.25, -0.2) is 0 Å². The van der Waals surface area contributed by atoms with Gasteiger partial charge in [0.1, 0.15) is 0 Å². The molecule has 2 heterocycles. The molecule has 3 rings (SSSR count). The minimum Gasteiger partial charge on any atom is -0.392 e. The van der Waals surface area contributed by atoms with Crippen molar-refractivity contribution in [3.63, 3.8) is 0 Å². The molecule has 0 amide bonds. The molecule has 0 radical (unpaired) electrons. The Morgan fingerprint density at radius 1 is 1.18 bits per heavy atom. The molecule has 2 bridgehead atoms. The number of hydrogen-bond donors (Lipinski definition) is 1. The zero-order valence-electron chi connectivity index (χ0n) is 11.0. The van der Waals surface area contributed by atoms with E-state index >= 15 is 0 Å². The second-order valence-electron chi connectivity index (χ2n) is 6.47. The average Bonchev–Trinajstić information content (AvgIpc) is 3.00. The van der Waals surface area contributed by atoms with Crippen LogP contribution >= 0.6 is 0 Å². The van der Waals surface area contributed by atoms with Crippen molar-refractivity contribution in [1.29, 1.82) is 0 Å². The van der Waals surface area contributed by atoms with Gasteiger partial charge in [0.05, 0.1) is 18.3 Å². The number of hydrogen-bond acceptors (Lipinski definition) is 2. The Hall–Kier alpha value is -0.0800. The minimum absolute atomic E-state index is 0.0837. The Bertz CT molecular complexity index is 266. The van der Waals surface area contributed by atoms with Crippen molar-refractivity contribution in [3.8, 4) is 0 Å². The number of aliphatic hydroxyl groups excluding tert-OH is 1. The predicted octanol–water partition coefficient (Wildman–Crippen LogP) is 3.13. The van der Waals surface area contributed by atoms with Crippen LogP contribution in [0.4, 0.5) is 0 Å². The van der Waals surface area contributed by atoms with Gasteiger partial charge < -0.3 is 9.84 Å². The Morgan fingerprint density at radius 3 is 2.71 bits per heavy atom. The van der Waals surface area contributed by atoms with Gasteiger partial charge in [0.2, 0.25) is 0 Å². The molecule has 0 aromatic rings. The van der Waals surface area contributed by atoms with E-state index in [0.717, 1.165) is 12.3 Å². The standard InChI is InChI=1S/C15H26O2/c1-2-10-4-3-5-11(8-10)15(16)13-9-12-6-7-14(13)17-12/h10-16H,2-9H2,1H3. The van der Waals surface area contributed by atoms with Crippen molar-refractivity contribution < 1.29 is 9.84 Å². The number of fused-ring (bicyclic) bond motifs is 2. The number of rotatable bonds is 3. The third kappa shape index (κ3) is 2.26. The van der Waals surface area contributed by atoms with E-state index in [1.54, 1.807) is 0 Å². The van der Waals surface area contributed by atoms with E-state index in [-0.39, 0.29) is 6.10 Å². The molecular weight excluding hydrogens is 212 g/mol. The van der Waals surface area contributed by atoms with Gasteiger partial charge >= 0.3 is 0 Å². The van der Waals surface area contributed by atoms with Crippen molar-refractivity contribution >= 4 is 0 Å². The van der Waals surface area contributed by atoms with E-state index in [1.165, 1.54) is 44.9 Å². The first kappa shape index (κ1) is 12.0. The average molecular weight is 238 g/mol. The van der Waals surface area contributed by atoms with Crippen LogP contribution in [0.2, 0.25) is 0 Å². The number of aliphatic hydroxyl groups is 1. The highest BCUT2D eigenvalue weighted by Gasteiger charge is 2.46. The predicted molar refractivity (Wildman–Crippen MR) is 67.7 cm³/mol. The third-order valence-corrected chi connectivity index (χ3v) is 5.48. The second kappa shape index (κ2) is 4.89. The summed E-state index contributed by atoms with van der Waals surface area (Å²) < 4.78 is 5.89. The van der Waals surface area contributed by atoms with Crippen LogP contribution in [0.15, 0.2) is 0 Å². The molecule has 98 valence electrons.